The van der Waals surface area contributed by atoms with Crippen LogP contribution in [0.5, 0.6) is 0 Å². The van der Waals surface area contributed by atoms with E-state index >= 15 is 0 Å². The lowest BCUT2D eigenvalue weighted by atomic mass is 9.96. The van der Waals surface area contributed by atoms with Gasteiger partial charge in [-0.15, -0.1) is 5.10 Å². The normalized spacial score (nSPS) is 21.1. The first-order valence-corrected chi connectivity index (χ1v) is 10.1. The summed E-state index contributed by atoms with van der Waals surface area (Å²) in [5.74, 6) is 1.03. The molecule has 0 bridgehead atoms. The monoisotopic (exact) mass is 360 g/mol. The number of fused-ring (bicyclic) bond motifs is 1. The zero-order valence-electron chi connectivity index (χ0n) is 15.6. The van der Waals surface area contributed by atoms with E-state index < -0.39 is 0 Å². The van der Waals surface area contributed by atoms with Crippen molar-refractivity contribution in [1.29, 1.82) is 0 Å². The van der Waals surface area contributed by atoms with Gasteiger partial charge >= 0.3 is 0 Å². The van der Waals surface area contributed by atoms with E-state index in [4.69, 9.17) is 0 Å². The van der Waals surface area contributed by atoms with Crippen LogP contribution in [0.2, 0.25) is 0 Å². The van der Waals surface area contributed by atoms with Gasteiger partial charge in [-0.3, -0.25) is 0 Å². The molecule has 1 unspecified atom stereocenters. The standard InChI is InChI=1S/C22H25N5/c1-2-9-18(10-3-1)21(22-23-24-25-27(22)20-12-6-7-13-20)26-15-14-17-8-4-5-11-19(17)16-26/h1-5,8-11,20-21H,6-7,12-16H2/p+1/t21-/m0/s1. The fourth-order valence-corrected chi connectivity index (χ4v) is 4.86. The molecule has 0 saturated heterocycles. The van der Waals surface area contributed by atoms with Crippen LogP contribution in [0.15, 0.2) is 54.6 Å². The summed E-state index contributed by atoms with van der Waals surface area (Å²) in [5, 5.41) is 13.1. The average molecular weight is 360 g/mol. The third kappa shape index (κ3) is 3.16. The topological polar surface area (TPSA) is 48.0 Å². The highest BCUT2D eigenvalue weighted by atomic mass is 15.6. The van der Waals surface area contributed by atoms with Gasteiger partial charge in [0.15, 0.2) is 6.04 Å². The second-order valence-electron chi connectivity index (χ2n) is 7.87. The highest BCUT2D eigenvalue weighted by Crippen LogP contribution is 2.31. The van der Waals surface area contributed by atoms with Crippen LogP contribution in [0.1, 0.15) is 60.3 Å². The molecule has 5 rings (SSSR count). The van der Waals surface area contributed by atoms with Crippen LogP contribution in [0, 0.1) is 0 Å². The quantitative estimate of drug-likeness (QED) is 0.778. The molecule has 5 nitrogen and oxygen atoms in total. The van der Waals surface area contributed by atoms with Gasteiger partial charge in [0.05, 0.1) is 12.6 Å². The summed E-state index contributed by atoms with van der Waals surface area (Å²) in [5.41, 5.74) is 4.25. The highest BCUT2D eigenvalue weighted by molar-refractivity contribution is 5.28. The largest absolute Gasteiger partial charge is 0.318 e. The molecule has 1 N–H and O–H groups in total. The van der Waals surface area contributed by atoms with E-state index in [9.17, 15) is 0 Å². The number of hydrogen-bond acceptors (Lipinski definition) is 3. The van der Waals surface area contributed by atoms with Crippen molar-refractivity contribution in [3.05, 3.63) is 77.1 Å². The Morgan fingerprint density at radius 3 is 2.48 bits per heavy atom. The fourth-order valence-electron chi connectivity index (χ4n) is 4.86. The molecular formula is C22H26N5+. The molecule has 1 aliphatic carbocycles. The van der Waals surface area contributed by atoms with E-state index in [0.29, 0.717) is 6.04 Å². The lowest BCUT2D eigenvalue weighted by Crippen LogP contribution is -3.12. The van der Waals surface area contributed by atoms with Crippen LogP contribution >= 0.6 is 0 Å². The Morgan fingerprint density at radius 1 is 0.926 bits per heavy atom. The maximum atomic E-state index is 4.55. The van der Waals surface area contributed by atoms with Crippen LogP contribution in [0.4, 0.5) is 0 Å². The predicted octanol–water partition coefficient (Wildman–Crippen LogP) is 2.52. The molecule has 0 amide bonds. The molecule has 2 heterocycles. The van der Waals surface area contributed by atoms with Crippen LogP contribution in [-0.2, 0) is 13.0 Å². The minimum atomic E-state index is 0.176. The molecule has 1 aliphatic heterocycles. The molecule has 1 saturated carbocycles. The summed E-state index contributed by atoms with van der Waals surface area (Å²) >= 11 is 0. The zero-order chi connectivity index (χ0) is 18.1. The molecule has 138 valence electrons. The van der Waals surface area contributed by atoms with Gasteiger partial charge in [-0.05, 0) is 28.8 Å². The zero-order valence-corrected chi connectivity index (χ0v) is 15.6. The van der Waals surface area contributed by atoms with Gasteiger partial charge < -0.3 is 4.90 Å². The van der Waals surface area contributed by atoms with Gasteiger partial charge in [-0.2, -0.15) is 0 Å². The fraction of sp³-hybridized carbons (Fsp3) is 0.409. The van der Waals surface area contributed by atoms with Gasteiger partial charge in [-0.25, -0.2) is 4.68 Å². The third-order valence-electron chi connectivity index (χ3n) is 6.24. The average Bonchev–Trinajstić information content (AvgIpc) is 3.41. The number of rotatable bonds is 4. The van der Waals surface area contributed by atoms with E-state index in [1.54, 1.807) is 0 Å². The Bertz CT molecular complexity index is 898. The van der Waals surface area contributed by atoms with Gasteiger partial charge in [0, 0.05) is 17.5 Å². The first-order chi connectivity index (χ1) is 13.4. The molecular weight excluding hydrogens is 334 g/mol. The molecule has 2 aromatic carbocycles. The van der Waals surface area contributed by atoms with E-state index in [0.717, 1.165) is 25.3 Å². The lowest BCUT2D eigenvalue weighted by molar-refractivity contribution is -0.941. The molecule has 3 aromatic rings. The van der Waals surface area contributed by atoms with E-state index in [-0.39, 0.29) is 6.04 Å². The maximum absolute atomic E-state index is 4.55. The van der Waals surface area contributed by atoms with E-state index in [1.807, 2.05) is 0 Å². The van der Waals surface area contributed by atoms with Crippen molar-refractivity contribution in [2.24, 2.45) is 0 Å². The molecule has 0 spiro atoms. The van der Waals surface area contributed by atoms with Gasteiger partial charge in [0.25, 0.3) is 0 Å². The summed E-state index contributed by atoms with van der Waals surface area (Å²) < 4.78 is 2.14. The first kappa shape index (κ1) is 16.6. The SMILES string of the molecule is c1ccc([C@@H](c2nnnn2C2CCCC2)[NH+]2CCc3ccccc3C2)cc1. The second-order valence-corrected chi connectivity index (χ2v) is 7.87. The summed E-state index contributed by atoms with van der Waals surface area (Å²) in [4.78, 5) is 1.54. The molecule has 5 heteroatoms. The number of tetrazole rings is 1. The number of nitrogens with one attached hydrogen (secondary N) is 1. The van der Waals surface area contributed by atoms with Crippen molar-refractivity contribution >= 4 is 0 Å². The molecule has 1 fully saturated rings. The van der Waals surface area contributed by atoms with E-state index in [2.05, 4.69) is 74.8 Å². The van der Waals surface area contributed by atoms with E-state index in [1.165, 1.54) is 47.3 Å². The summed E-state index contributed by atoms with van der Waals surface area (Å²) in [6.45, 7) is 2.13. The maximum Gasteiger partial charge on any atom is 0.214 e. The first-order valence-electron chi connectivity index (χ1n) is 10.1. The van der Waals surface area contributed by atoms with Crippen molar-refractivity contribution in [3.63, 3.8) is 0 Å². The third-order valence-corrected chi connectivity index (χ3v) is 6.24. The van der Waals surface area contributed by atoms with Crippen molar-refractivity contribution in [2.75, 3.05) is 6.54 Å². The Kier molecular flexibility index (Phi) is 4.46. The minimum Gasteiger partial charge on any atom is -0.318 e. The number of benzene rings is 2. The molecule has 2 aliphatic rings. The van der Waals surface area contributed by atoms with Gasteiger partial charge in [-0.1, -0.05) is 67.4 Å². The Balaban J connectivity index is 1.54. The molecule has 2 atom stereocenters. The van der Waals surface area contributed by atoms with Crippen molar-refractivity contribution in [2.45, 2.75) is 50.7 Å². The Morgan fingerprint density at radius 2 is 1.67 bits per heavy atom. The molecule has 0 radical (unpaired) electrons. The van der Waals surface area contributed by atoms with Crippen LogP contribution in [-0.4, -0.2) is 26.8 Å². The highest BCUT2D eigenvalue weighted by Gasteiger charge is 2.35. The Labute approximate surface area is 160 Å². The molecule has 1 aromatic heterocycles. The van der Waals surface area contributed by atoms with Crippen LogP contribution < -0.4 is 4.90 Å². The second kappa shape index (κ2) is 7.24. The summed E-state index contributed by atoms with van der Waals surface area (Å²) in [6.07, 6.45) is 6.06. The van der Waals surface area contributed by atoms with Crippen molar-refractivity contribution in [3.8, 4) is 0 Å². The van der Waals surface area contributed by atoms with Gasteiger partial charge in [0.2, 0.25) is 5.82 Å². The van der Waals surface area contributed by atoms with Crippen LogP contribution in [0.3, 0.4) is 0 Å². The minimum absolute atomic E-state index is 0.176. The number of quaternary nitrogens is 1. The lowest BCUT2D eigenvalue weighted by Gasteiger charge is -2.32. The molecule has 27 heavy (non-hydrogen) atoms. The van der Waals surface area contributed by atoms with Gasteiger partial charge in [0.1, 0.15) is 6.54 Å². The number of nitrogens with zero attached hydrogens (tertiary/aromatic N) is 4. The number of aromatic nitrogens is 4. The predicted molar refractivity (Wildman–Crippen MR) is 103 cm³/mol. The smallest absolute Gasteiger partial charge is 0.214 e. The summed E-state index contributed by atoms with van der Waals surface area (Å²) in [7, 11) is 0. The number of hydrogen-bond donors (Lipinski definition) is 1. The van der Waals surface area contributed by atoms with Crippen molar-refractivity contribution in [1.82, 2.24) is 20.2 Å². The van der Waals surface area contributed by atoms with Crippen molar-refractivity contribution < 1.29 is 4.90 Å². The Hall–Kier alpha value is -2.53. The summed E-state index contributed by atoms with van der Waals surface area (Å²) in [6, 6.07) is 20.3. The van der Waals surface area contributed by atoms with Crippen LogP contribution in [0.25, 0.3) is 0 Å².